The maximum Gasteiger partial charge on any atom is 0.0202 e. The van der Waals surface area contributed by atoms with Crippen molar-refractivity contribution in [1.82, 2.24) is 0 Å². The zero-order chi connectivity index (χ0) is 10.4. The molecule has 0 bridgehead atoms. The first-order valence-electron chi connectivity index (χ1n) is 4.76. The fourth-order valence-electron chi connectivity index (χ4n) is 1.09. The second-order valence-electron chi connectivity index (χ2n) is 3.14. The Kier molecular flexibility index (Phi) is 5.13. The van der Waals surface area contributed by atoms with Gasteiger partial charge in [-0.05, 0) is 31.1 Å². The van der Waals surface area contributed by atoms with Crippen LogP contribution >= 0.6 is 23.4 Å². The summed E-state index contributed by atoms with van der Waals surface area (Å²) in [5, 5.41) is 0.994. The predicted molar refractivity (Wildman–Crippen MR) is 66.0 cm³/mol. The molecule has 0 nitrogen and oxygen atoms in total. The van der Waals surface area contributed by atoms with E-state index >= 15 is 0 Å². The maximum atomic E-state index is 6.05. The van der Waals surface area contributed by atoms with Crippen LogP contribution in [0.25, 0.3) is 0 Å². The molecule has 0 N–H and O–H groups in total. The minimum absolute atomic E-state index is 0.933. The molecule has 0 aliphatic rings. The fraction of sp³-hybridized carbons (Fsp3) is 0.333. The van der Waals surface area contributed by atoms with Gasteiger partial charge in [0.25, 0.3) is 0 Å². The minimum Gasteiger partial charge on any atom is -0.122 e. The number of rotatable bonds is 4. The number of hydrogen-bond acceptors (Lipinski definition) is 1. The van der Waals surface area contributed by atoms with E-state index in [1.807, 2.05) is 17.8 Å². The lowest BCUT2D eigenvalue weighted by Crippen LogP contribution is -1.85. The molecule has 1 aromatic carbocycles. The van der Waals surface area contributed by atoms with Crippen molar-refractivity contribution < 1.29 is 0 Å². The Hall–Kier alpha value is -0.400. The molecule has 0 saturated carbocycles. The van der Waals surface area contributed by atoms with Crippen molar-refractivity contribution in [2.24, 2.45) is 0 Å². The number of benzene rings is 1. The highest BCUT2D eigenvalue weighted by atomic mass is 35.5. The molecule has 0 unspecified atom stereocenters. The van der Waals surface area contributed by atoms with Crippen molar-refractivity contribution in [1.29, 1.82) is 0 Å². The molecule has 0 aliphatic heterocycles. The van der Waals surface area contributed by atoms with Gasteiger partial charge < -0.3 is 0 Å². The van der Waals surface area contributed by atoms with Gasteiger partial charge in [0.1, 0.15) is 0 Å². The van der Waals surface area contributed by atoms with Crippen LogP contribution in [0.5, 0.6) is 0 Å². The van der Waals surface area contributed by atoms with Gasteiger partial charge in [-0.1, -0.05) is 36.7 Å². The Morgan fingerprint density at radius 2 is 1.93 bits per heavy atom. The van der Waals surface area contributed by atoms with E-state index in [-0.39, 0.29) is 0 Å². The fourth-order valence-corrected chi connectivity index (χ4v) is 2.14. The van der Waals surface area contributed by atoms with Gasteiger partial charge in [-0.2, -0.15) is 0 Å². The number of hydrogen-bond donors (Lipinski definition) is 0. The smallest absolute Gasteiger partial charge is 0.0202 e. The molecule has 0 heterocycles. The van der Waals surface area contributed by atoms with Gasteiger partial charge in [0.2, 0.25) is 0 Å². The average molecular weight is 227 g/mol. The highest BCUT2D eigenvalue weighted by Crippen LogP contribution is 2.23. The Balaban J connectivity index is 2.50. The first-order valence-corrected chi connectivity index (χ1v) is 6.12. The van der Waals surface area contributed by atoms with Crippen LogP contribution in [0.15, 0.2) is 45.8 Å². The van der Waals surface area contributed by atoms with E-state index in [0.717, 1.165) is 17.2 Å². The number of thioether (sulfide) groups is 1. The van der Waals surface area contributed by atoms with Gasteiger partial charge in [-0.15, -0.1) is 11.8 Å². The lowest BCUT2D eigenvalue weighted by Gasteiger charge is -2.03. The van der Waals surface area contributed by atoms with Gasteiger partial charge >= 0.3 is 0 Å². The third-order valence-corrected chi connectivity index (χ3v) is 3.74. The minimum atomic E-state index is 0.933. The molecule has 0 saturated heterocycles. The second-order valence-corrected chi connectivity index (χ2v) is 4.65. The Morgan fingerprint density at radius 1 is 1.29 bits per heavy atom. The van der Waals surface area contributed by atoms with Gasteiger partial charge in [-0.3, -0.25) is 0 Å². The molecule has 0 fully saturated rings. The van der Waals surface area contributed by atoms with Crippen LogP contribution in [0.2, 0.25) is 0 Å². The first kappa shape index (κ1) is 11.7. The van der Waals surface area contributed by atoms with Gasteiger partial charge in [0, 0.05) is 15.7 Å². The summed E-state index contributed by atoms with van der Waals surface area (Å²) in [5.41, 5.74) is 1.28. The van der Waals surface area contributed by atoms with E-state index in [1.54, 1.807) is 0 Å². The average Bonchev–Trinajstić information content (AvgIpc) is 2.26. The molecular weight excluding hydrogens is 212 g/mol. The zero-order valence-corrected chi connectivity index (χ0v) is 10.2. The van der Waals surface area contributed by atoms with Gasteiger partial charge in [-0.25, -0.2) is 0 Å². The maximum absolute atomic E-state index is 6.05. The van der Waals surface area contributed by atoms with Crippen molar-refractivity contribution in [2.75, 3.05) is 5.75 Å². The summed E-state index contributed by atoms with van der Waals surface area (Å²) in [5.74, 6) is 0.983. The largest absolute Gasteiger partial charge is 0.122 e. The van der Waals surface area contributed by atoms with Crippen molar-refractivity contribution in [3.05, 3.63) is 40.9 Å². The third kappa shape index (κ3) is 3.77. The monoisotopic (exact) mass is 226 g/mol. The van der Waals surface area contributed by atoms with Crippen molar-refractivity contribution in [2.45, 2.75) is 25.2 Å². The van der Waals surface area contributed by atoms with Crippen LogP contribution in [0.1, 0.15) is 20.3 Å². The summed E-state index contributed by atoms with van der Waals surface area (Å²) in [6, 6.07) is 10.4. The highest BCUT2D eigenvalue weighted by molar-refractivity contribution is 7.99. The van der Waals surface area contributed by atoms with Crippen molar-refractivity contribution in [3.63, 3.8) is 0 Å². The van der Waals surface area contributed by atoms with E-state index in [9.17, 15) is 0 Å². The number of halogens is 1. The molecule has 2 heteroatoms. The molecule has 1 rings (SSSR count). The molecule has 0 atom stereocenters. The predicted octanol–water partition coefficient (Wildman–Crippen LogP) is 4.70. The zero-order valence-electron chi connectivity index (χ0n) is 8.59. The van der Waals surface area contributed by atoms with Crippen LogP contribution in [0, 0.1) is 0 Å². The molecule has 0 amide bonds. The summed E-state index contributed by atoms with van der Waals surface area (Å²) in [4.78, 5) is 1.30. The Morgan fingerprint density at radius 3 is 2.50 bits per heavy atom. The molecule has 1 aromatic rings. The lowest BCUT2D eigenvalue weighted by atomic mass is 10.3. The van der Waals surface area contributed by atoms with Crippen LogP contribution in [-0.4, -0.2) is 5.75 Å². The topological polar surface area (TPSA) is 0 Å². The molecule has 14 heavy (non-hydrogen) atoms. The van der Waals surface area contributed by atoms with Crippen LogP contribution in [0.4, 0.5) is 0 Å². The van der Waals surface area contributed by atoms with E-state index < -0.39 is 0 Å². The molecule has 0 spiro atoms. The Bertz CT molecular complexity index is 303. The van der Waals surface area contributed by atoms with Gasteiger partial charge in [0.15, 0.2) is 0 Å². The van der Waals surface area contributed by atoms with Gasteiger partial charge in [0.05, 0.1) is 0 Å². The summed E-state index contributed by atoms with van der Waals surface area (Å²) in [6.45, 7) is 4.18. The SMILES string of the molecule is CC/C(Cl)=C(\C)CSc1ccccc1. The number of allylic oxidation sites excluding steroid dienone is 1. The quantitative estimate of drug-likeness (QED) is 0.671. The van der Waals surface area contributed by atoms with Crippen LogP contribution in [0.3, 0.4) is 0 Å². The third-order valence-electron chi connectivity index (χ3n) is 1.97. The molecular formula is C12H15ClS. The standard InChI is InChI=1S/C12H15ClS/c1-3-12(13)10(2)9-14-11-7-5-4-6-8-11/h4-8H,3,9H2,1-2H3/b12-10-. The summed E-state index contributed by atoms with van der Waals surface area (Å²) < 4.78 is 0. The molecule has 0 aromatic heterocycles. The van der Waals surface area contributed by atoms with E-state index in [4.69, 9.17) is 11.6 Å². The summed E-state index contributed by atoms with van der Waals surface area (Å²) >= 11 is 7.88. The normalized spacial score (nSPS) is 12.5. The molecule has 0 aliphatic carbocycles. The van der Waals surface area contributed by atoms with Crippen molar-refractivity contribution in [3.8, 4) is 0 Å². The van der Waals surface area contributed by atoms with Crippen molar-refractivity contribution >= 4 is 23.4 Å². The molecule has 0 radical (unpaired) electrons. The first-order chi connectivity index (χ1) is 6.74. The highest BCUT2D eigenvalue weighted by Gasteiger charge is 1.98. The van der Waals surface area contributed by atoms with E-state index in [2.05, 4.69) is 38.1 Å². The Labute approximate surface area is 95.4 Å². The van der Waals surface area contributed by atoms with Crippen LogP contribution < -0.4 is 0 Å². The van der Waals surface area contributed by atoms with E-state index in [1.165, 1.54) is 10.5 Å². The summed E-state index contributed by atoms with van der Waals surface area (Å²) in [7, 11) is 0. The van der Waals surface area contributed by atoms with E-state index in [0.29, 0.717) is 0 Å². The van der Waals surface area contributed by atoms with Crippen LogP contribution in [-0.2, 0) is 0 Å². The second kappa shape index (κ2) is 6.15. The molecule has 76 valence electrons. The lowest BCUT2D eigenvalue weighted by molar-refractivity contribution is 1.15. The summed E-state index contributed by atoms with van der Waals surface area (Å²) in [6.07, 6.45) is 0.933.